The third-order valence-electron chi connectivity index (χ3n) is 2.55. The molecule has 1 aliphatic rings. The summed E-state index contributed by atoms with van der Waals surface area (Å²) in [6.07, 6.45) is 0.0170. The zero-order chi connectivity index (χ0) is 9.54. The van der Waals surface area contributed by atoms with Crippen LogP contribution in [0.2, 0.25) is 0 Å². The largest absolute Gasteiger partial charge is 0.369 e. The van der Waals surface area contributed by atoms with Crippen LogP contribution >= 0.6 is 11.3 Å². The van der Waals surface area contributed by atoms with E-state index < -0.39 is 0 Å². The summed E-state index contributed by atoms with van der Waals surface area (Å²) in [6, 6.07) is 2.09. The third-order valence-corrected chi connectivity index (χ3v) is 3.35. The predicted octanol–water partition coefficient (Wildman–Crippen LogP) is 1.13. The Hall–Kier alpha value is -0.910. The van der Waals surface area contributed by atoms with Crippen molar-refractivity contribution < 1.29 is 4.74 Å². The summed E-state index contributed by atoms with van der Waals surface area (Å²) in [5, 5.41) is 7.77. The number of thiophene rings is 1. The van der Waals surface area contributed by atoms with E-state index in [4.69, 9.17) is 10.5 Å². The minimum atomic E-state index is 0.0170. The molecule has 0 fully saturated rings. The number of hydrogen-bond acceptors (Lipinski definition) is 4. The predicted molar refractivity (Wildman–Crippen MR) is 55.4 cm³/mol. The summed E-state index contributed by atoms with van der Waals surface area (Å²) in [5.74, 6) is 0. The van der Waals surface area contributed by atoms with Gasteiger partial charge < -0.3 is 10.5 Å². The van der Waals surface area contributed by atoms with Gasteiger partial charge in [-0.2, -0.15) is 5.10 Å². The minimum absolute atomic E-state index is 0.0170. The maximum atomic E-state index is 5.67. The van der Waals surface area contributed by atoms with Crippen LogP contribution in [0.5, 0.6) is 0 Å². The number of rotatable bonds is 1. The molecule has 1 atom stereocenters. The Balaban J connectivity index is 2.24. The molecular weight excluding hydrogens is 198 g/mol. The molecule has 14 heavy (non-hydrogen) atoms. The lowest BCUT2D eigenvalue weighted by Crippen LogP contribution is -2.27. The first kappa shape index (κ1) is 8.40. The lowest BCUT2D eigenvalue weighted by molar-refractivity contribution is 0.0236. The molecule has 1 aliphatic heterocycles. The first-order chi connectivity index (χ1) is 6.90. The fourth-order valence-corrected chi connectivity index (χ4v) is 2.70. The lowest BCUT2D eigenvalue weighted by Gasteiger charge is -2.23. The van der Waals surface area contributed by atoms with Crippen LogP contribution in [-0.2, 0) is 11.3 Å². The number of nitrogens with two attached hydrogens (primary N) is 1. The van der Waals surface area contributed by atoms with E-state index >= 15 is 0 Å². The Morgan fingerprint density at radius 1 is 1.71 bits per heavy atom. The van der Waals surface area contributed by atoms with Crippen molar-refractivity contribution in [3.05, 3.63) is 17.1 Å². The molecule has 0 spiro atoms. The molecule has 5 heteroatoms. The van der Waals surface area contributed by atoms with Crippen LogP contribution in [0.1, 0.15) is 11.8 Å². The normalized spacial score (nSPS) is 21.4. The molecule has 0 bridgehead atoms. The maximum Gasteiger partial charge on any atom is 0.145 e. The van der Waals surface area contributed by atoms with E-state index in [-0.39, 0.29) is 6.10 Å². The van der Waals surface area contributed by atoms with Crippen LogP contribution in [0, 0.1) is 0 Å². The molecule has 0 saturated carbocycles. The van der Waals surface area contributed by atoms with Gasteiger partial charge in [0.05, 0.1) is 18.8 Å². The van der Waals surface area contributed by atoms with Crippen LogP contribution < -0.4 is 5.73 Å². The third kappa shape index (κ3) is 1.03. The second-order valence-electron chi connectivity index (χ2n) is 3.34. The molecule has 2 aromatic rings. The number of ether oxygens (including phenoxy) is 1. The highest BCUT2D eigenvalue weighted by Gasteiger charge is 2.24. The van der Waals surface area contributed by atoms with Gasteiger partial charge in [0.2, 0.25) is 0 Å². The molecule has 3 heterocycles. The number of fused-ring (bicyclic) bond motifs is 3. The van der Waals surface area contributed by atoms with Crippen LogP contribution in [0.15, 0.2) is 11.4 Å². The van der Waals surface area contributed by atoms with Crippen molar-refractivity contribution in [2.24, 2.45) is 5.73 Å². The van der Waals surface area contributed by atoms with E-state index in [1.807, 2.05) is 4.68 Å². The molecule has 3 rings (SSSR count). The number of aromatic nitrogens is 2. The van der Waals surface area contributed by atoms with Gasteiger partial charge in [-0.1, -0.05) is 0 Å². The second kappa shape index (κ2) is 3.05. The second-order valence-corrected chi connectivity index (χ2v) is 4.24. The van der Waals surface area contributed by atoms with Crippen molar-refractivity contribution in [2.45, 2.75) is 12.6 Å². The monoisotopic (exact) mass is 209 g/mol. The van der Waals surface area contributed by atoms with Crippen LogP contribution in [0.4, 0.5) is 0 Å². The van der Waals surface area contributed by atoms with Crippen molar-refractivity contribution in [1.29, 1.82) is 0 Å². The van der Waals surface area contributed by atoms with Gasteiger partial charge >= 0.3 is 0 Å². The minimum Gasteiger partial charge on any atom is -0.369 e. The topological polar surface area (TPSA) is 53.1 Å². The summed E-state index contributed by atoms with van der Waals surface area (Å²) in [6.45, 7) is 2.08. The molecule has 0 unspecified atom stereocenters. The quantitative estimate of drug-likeness (QED) is 0.766. The van der Waals surface area contributed by atoms with Gasteiger partial charge in [0.1, 0.15) is 10.9 Å². The van der Waals surface area contributed by atoms with Gasteiger partial charge in [-0.25, -0.2) is 0 Å². The van der Waals surface area contributed by atoms with Gasteiger partial charge in [-0.15, -0.1) is 11.3 Å². The summed E-state index contributed by atoms with van der Waals surface area (Å²) in [7, 11) is 0. The Morgan fingerprint density at radius 3 is 3.50 bits per heavy atom. The zero-order valence-corrected chi connectivity index (χ0v) is 8.46. The Kier molecular flexibility index (Phi) is 1.83. The van der Waals surface area contributed by atoms with E-state index in [2.05, 4.69) is 16.5 Å². The van der Waals surface area contributed by atoms with Gasteiger partial charge in [0.15, 0.2) is 0 Å². The molecule has 0 radical (unpaired) electrons. The highest BCUT2D eigenvalue weighted by molar-refractivity contribution is 7.16. The highest BCUT2D eigenvalue weighted by Crippen LogP contribution is 2.31. The first-order valence-corrected chi connectivity index (χ1v) is 5.53. The smallest absolute Gasteiger partial charge is 0.145 e. The van der Waals surface area contributed by atoms with Crippen molar-refractivity contribution in [3.63, 3.8) is 0 Å². The van der Waals surface area contributed by atoms with Crippen LogP contribution in [0.25, 0.3) is 10.2 Å². The molecule has 4 nitrogen and oxygen atoms in total. The fourth-order valence-electron chi connectivity index (χ4n) is 1.93. The van der Waals surface area contributed by atoms with Gasteiger partial charge in [-0.3, -0.25) is 4.68 Å². The van der Waals surface area contributed by atoms with Crippen molar-refractivity contribution in [1.82, 2.24) is 9.78 Å². The Morgan fingerprint density at radius 2 is 2.64 bits per heavy atom. The lowest BCUT2D eigenvalue weighted by atomic mass is 10.2. The van der Waals surface area contributed by atoms with E-state index in [0.29, 0.717) is 13.2 Å². The molecular formula is C9H11N3OS. The maximum absolute atomic E-state index is 5.67. The van der Waals surface area contributed by atoms with E-state index in [9.17, 15) is 0 Å². The van der Waals surface area contributed by atoms with Crippen molar-refractivity contribution in [2.75, 3.05) is 13.2 Å². The number of nitrogens with zero attached hydrogens (tertiary/aromatic N) is 2. The van der Waals surface area contributed by atoms with E-state index in [0.717, 1.165) is 17.1 Å². The zero-order valence-electron chi connectivity index (χ0n) is 7.64. The van der Waals surface area contributed by atoms with Gasteiger partial charge in [0, 0.05) is 11.9 Å². The summed E-state index contributed by atoms with van der Waals surface area (Å²) >= 11 is 1.67. The Labute approximate surface area is 85.3 Å². The molecule has 0 aliphatic carbocycles. The molecule has 0 amide bonds. The van der Waals surface area contributed by atoms with Gasteiger partial charge in [-0.05, 0) is 11.4 Å². The van der Waals surface area contributed by atoms with Crippen LogP contribution in [-0.4, -0.2) is 22.9 Å². The molecule has 2 N–H and O–H groups in total. The summed E-state index contributed by atoms with van der Waals surface area (Å²) < 4.78 is 7.64. The Bertz CT molecular complexity index is 462. The highest BCUT2D eigenvalue weighted by atomic mass is 32.1. The molecule has 0 saturated heterocycles. The average molecular weight is 209 g/mol. The van der Waals surface area contributed by atoms with Crippen molar-refractivity contribution >= 4 is 21.6 Å². The van der Waals surface area contributed by atoms with E-state index in [1.165, 1.54) is 5.39 Å². The van der Waals surface area contributed by atoms with Crippen LogP contribution in [0.3, 0.4) is 0 Å². The molecule has 74 valence electrons. The summed E-state index contributed by atoms with van der Waals surface area (Å²) in [5.41, 5.74) is 6.82. The SMILES string of the molecule is NC[C@H]1OCCn2nc3sccc3c21. The van der Waals surface area contributed by atoms with Gasteiger partial charge in [0.25, 0.3) is 0 Å². The van der Waals surface area contributed by atoms with E-state index in [1.54, 1.807) is 11.3 Å². The molecule has 2 aromatic heterocycles. The van der Waals surface area contributed by atoms with Crippen molar-refractivity contribution in [3.8, 4) is 0 Å². The molecule has 0 aromatic carbocycles. The average Bonchev–Trinajstić information content (AvgIpc) is 2.75. The standard InChI is InChI=1S/C9H11N3OS/c10-5-7-8-6-1-4-14-9(6)11-12(8)2-3-13-7/h1,4,7H,2-3,5,10H2/t7-/m1/s1. The fraction of sp³-hybridized carbons (Fsp3) is 0.444. The first-order valence-electron chi connectivity index (χ1n) is 4.65. The summed E-state index contributed by atoms with van der Waals surface area (Å²) in [4.78, 5) is 1.09. The number of hydrogen-bond donors (Lipinski definition) is 1.